The number of nitrogens with zero attached hydrogens (tertiary/aromatic N) is 9. The van der Waals surface area contributed by atoms with E-state index in [2.05, 4.69) is 80.0 Å². The number of unbranched alkanes of at least 4 members (excludes halogenated alkanes) is 2. The number of ether oxygens (including phenoxy) is 1. The highest BCUT2D eigenvalue weighted by atomic mass is 35.5. The number of anilines is 3. The van der Waals surface area contributed by atoms with Crippen molar-refractivity contribution < 1.29 is 63.8 Å². The van der Waals surface area contributed by atoms with Gasteiger partial charge in [-0.1, -0.05) is 106 Å². The number of likely N-dealkylation sites (tertiary alicyclic amines) is 1. The first kappa shape index (κ1) is 89.7. The summed E-state index contributed by atoms with van der Waals surface area (Å²) in [5.74, 6) is -1.51. The molecule has 33 heteroatoms. The molecule has 3 unspecified atom stereocenters. The van der Waals surface area contributed by atoms with E-state index in [1.807, 2.05) is 118 Å². The molecule has 2 aromatic heterocycles. The predicted octanol–water partition coefficient (Wildman–Crippen LogP) is 11.9. The Hall–Kier alpha value is -8.57. The summed E-state index contributed by atoms with van der Waals surface area (Å²) in [7, 11) is -11.0. The molecule has 5 aromatic carbocycles. The highest BCUT2D eigenvalue weighted by Gasteiger charge is 2.49. The predicted molar refractivity (Wildman–Crippen MR) is 459 cm³/mol. The Kier molecular flexibility index (Phi) is 30.1. The largest absolute Gasteiger partial charge is 0.501 e. The summed E-state index contributed by atoms with van der Waals surface area (Å²) in [4.78, 5) is 85.6. The number of amides is 5. The van der Waals surface area contributed by atoms with Crippen LogP contribution < -0.4 is 35.8 Å². The van der Waals surface area contributed by atoms with Crippen molar-refractivity contribution in [2.75, 3.05) is 132 Å². The number of piperazine rings is 2. The first-order valence-electron chi connectivity index (χ1n) is 40.8. The fraction of sp³-hybridized carbons (Fsp3) is 0.488. The maximum Gasteiger partial charge on any atom is 0.501 e. The number of rotatable bonds is 32. The summed E-state index contributed by atoms with van der Waals surface area (Å²) in [5, 5.41) is 32.1. The van der Waals surface area contributed by atoms with Gasteiger partial charge in [-0.25, -0.2) is 26.5 Å². The number of sulfone groups is 1. The average Bonchev–Trinajstić information content (AvgIpc) is 1.42. The summed E-state index contributed by atoms with van der Waals surface area (Å²) >= 11 is 9.41. The minimum absolute atomic E-state index is 0.0250. The van der Waals surface area contributed by atoms with E-state index in [0.717, 1.165) is 135 Å². The zero-order chi connectivity index (χ0) is 84.8. The van der Waals surface area contributed by atoms with Gasteiger partial charge in [0.25, 0.3) is 31.7 Å². The highest BCUT2D eigenvalue weighted by molar-refractivity contribution is 7.99. The number of thiazole rings is 1. The van der Waals surface area contributed by atoms with Crippen LogP contribution in [0.4, 0.5) is 30.4 Å². The molecule has 5 amide bonds. The van der Waals surface area contributed by atoms with Gasteiger partial charge in [-0.2, -0.15) is 13.2 Å². The van der Waals surface area contributed by atoms with E-state index in [9.17, 15) is 59.1 Å². The molecule has 0 spiro atoms. The van der Waals surface area contributed by atoms with Gasteiger partial charge >= 0.3 is 5.51 Å². The number of aliphatic hydroxyl groups is 1. The van der Waals surface area contributed by atoms with E-state index in [1.165, 1.54) is 39.9 Å². The number of benzene rings is 5. The van der Waals surface area contributed by atoms with Crippen LogP contribution in [0, 0.1) is 17.8 Å². The molecule has 4 saturated heterocycles. The Morgan fingerprint density at radius 3 is 2.15 bits per heavy atom. The maximum absolute atomic E-state index is 14.5. The smallest absolute Gasteiger partial charge is 0.391 e. The Labute approximate surface area is 709 Å². The number of nitrogens with one attached hydrogen (secondary N) is 5. The van der Waals surface area contributed by atoms with Crippen LogP contribution in [0.2, 0.25) is 5.02 Å². The van der Waals surface area contributed by atoms with Gasteiger partial charge in [0.2, 0.25) is 17.7 Å². The molecule has 640 valence electrons. The van der Waals surface area contributed by atoms with Crippen molar-refractivity contribution in [3.8, 4) is 10.4 Å². The number of hydrogen-bond acceptors (Lipinski definition) is 22. The van der Waals surface area contributed by atoms with E-state index in [0.29, 0.717) is 94.3 Å². The zero-order valence-corrected chi connectivity index (χ0v) is 72.2. The Morgan fingerprint density at radius 1 is 0.765 bits per heavy atom. The minimum Gasteiger partial charge on any atom is -0.391 e. The third-order valence-electron chi connectivity index (χ3n) is 22.9. The number of carbonyl (C=O) groups is 5. The molecule has 5 aliphatic rings. The van der Waals surface area contributed by atoms with Crippen LogP contribution in [-0.2, 0) is 39.0 Å². The van der Waals surface area contributed by atoms with Crippen molar-refractivity contribution in [2.24, 2.45) is 10.8 Å². The van der Waals surface area contributed by atoms with E-state index < -0.39 is 82.3 Å². The number of β-amino-alcohol motifs (C(OH)–C–C–N with tert-alkyl or cyclic N) is 1. The number of allylic oxidation sites excluding steroid dienone is 1. The lowest BCUT2D eigenvalue weighted by Crippen LogP contribution is -2.57. The number of halogens is 4. The van der Waals surface area contributed by atoms with Crippen LogP contribution >= 0.6 is 34.7 Å². The second-order valence-corrected chi connectivity index (χ2v) is 39.0. The van der Waals surface area contributed by atoms with E-state index in [1.54, 1.807) is 29.5 Å². The van der Waals surface area contributed by atoms with Crippen LogP contribution in [0.3, 0.4) is 0 Å². The standard InChI is InChI=1S/C86H108ClF3N14O11S4/c1-58(60-17-19-62(20-18-60)78-59(2)92-57-117-78)93-82(109)74-50-68(105)54-104(74)83(110)79(84(3,4)5)95-77(106)16-11-8-12-36-91-81(108)73-31-32-76(97-96-73)103-45-41-101(42-46-103)56-85(6)35-33-71(61-21-25-65(87)26-22-61)64(52-85)53-100-39-43-102(44-40-100)67-27-23-63(24-28-67)80(107)98-119(113,114)70-29-30-72(75(51-70)118(111,112)86(88,89)90)94-66(55-116-69-14-9-7-10-15-69)34-38-99-37-13-48-115-49-47-99/h7,9-10,14-15,17-32,51,57-58,66,68,74,79,94,105H,8,11-13,16,33-50,52-56H2,1-6H3,(H,91,108)(H,93,109)(H,95,106)(H,98,107)/t58-,66?,68+,74-,79?,85?/m0/s1. The van der Waals surface area contributed by atoms with Crippen molar-refractivity contribution in [2.45, 2.75) is 156 Å². The summed E-state index contributed by atoms with van der Waals surface area (Å²) in [6, 6.07) is 34.8. The molecule has 1 aliphatic carbocycles. The SMILES string of the molecule is Cc1ncsc1-c1ccc([C@H](C)NC(=O)[C@@H]2C[C@@H](O)CN2C(=O)C(NC(=O)CCCCCNC(=O)c2ccc(N3CCN(CC4(C)CCC(c5ccc(Cl)cc5)=C(CN5CCN(c6ccc(C(=O)NS(=O)(=O)c7ccc(NC(CCN8CCCOCC8)CSc8ccccc8)c(S(=O)(=O)C(F)(F)F)c7)cc6)CC5)C4)CC3)nn2)C(C)(C)C)cc1. The van der Waals surface area contributed by atoms with E-state index in [-0.39, 0.29) is 59.8 Å². The molecule has 119 heavy (non-hydrogen) atoms. The van der Waals surface area contributed by atoms with Crippen LogP contribution in [0.1, 0.15) is 143 Å². The number of carbonyl (C=O) groups excluding carboxylic acids is 5. The van der Waals surface area contributed by atoms with Crippen molar-refractivity contribution in [1.82, 2.24) is 55.5 Å². The topological polar surface area (TPSA) is 301 Å². The fourth-order valence-electron chi connectivity index (χ4n) is 16.1. The number of thioether (sulfide) groups is 1. The normalized spacial score (nSPS) is 19.7. The van der Waals surface area contributed by atoms with Gasteiger partial charge in [0, 0.05) is 151 Å². The highest BCUT2D eigenvalue weighted by Crippen LogP contribution is 2.45. The number of sulfonamides is 1. The molecule has 0 radical (unpaired) electrons. The van der Waals surface area contributed by atoms with Gasteiger partial charge in [0.1, 0.15) is 17.0 Å². The number of aryl methyl sites for hydroxylation is 1. The third kappa shape index (κ3) is 23.8. The summed E-state index contributed by atoms with van der Waals surface area (Å²) in [6.45, 7) is 22.7. The van der Waals surface area contributed by atoms with E-state index in [4.69, 9.17) is 16.3 Å². The van der Waals surface area contributed by atoms with Crippen LogP contribution in [0.5, 0.6) is 0 Å². The second-order valence-electron chi connectivity index (χ2n) is 33.0. The van der Waals surface area contributed by atoms with Crippen molar-refractivity contribution >= 4 is 107 Å². The lowest BCUT2D eigenvalue weighted by Gasteiger charge is -2.44. The number of aromatic nitrogens is 3. The molecular formula is C86H108ClF3N14O11S4. The van der Waals surface area contributed by atoms with Gasteiger partial charge < -0.3 is 50.7 Å². The molecule has 0 bridgehead atoms. The summed E-state index contributed by atoms with van der Waals surface area (Å²) in [6.07, 6.45) is 5.06. The van der Waals surface area contributed by atoms with Gasteiger partial charge in [0.15, 0.2) is 11.5 Å². The van der Waals surface area contributed by atoms with Crippen molar-refractivity contribution in [3.63, 3.8) is 0 Å². The average molecular weight is 1730 g/mol. The molecule has 0 saturated carbocycles. The first-order valence-corrected chi connectivity index (χ1v) is 46.0. The number of alkyl halides is 3. The summed E-state index contributed by atoms with van der Waals surface area (Å²) < 4.78 is 105. The molecular weight excluding hydrogens is 1630 g/mol. The number of hydrogen-bond donors (Lipinski definition) is 6. The lowest BCUT2D eigenvalue weighted by molar-refractivity contribution is -0.144. The van der Waals surface area contributed by atoms with Gasteiger partial charge in [0.05, 0.1) is 45.4 Å². The monoisotopic (exact) mass is 1730 g/mol. The van der Waals surface area contributed by atoms with Crippen LogP contribution in [0.25, 0.3) is 16.0 Å². The van der Waals surface area contributed by atoms with Gasteiger partial charge in [-0.15, -0.1) is 33.3 Å². The van der Waals surface area contributed by atoms with Crippen molar-refractivity contribution in [3.05, 3.63) is 178 Å². The molecule has 6 atom stereocenters. The van der Waals surface area contributed by atoms with Gasteiger partial charge in [-0.05, 0) is 171 Å². The molecule has 6 N–H and O–H groups in total. The fourth-order valence-corrected chi connectivity index (χ4v) is 20.1. The van der Waals surface area contributed by atoms with Crippen LogP contribution in [0.15, 0.2) is 159 Å². The molecule has 6 heterocycles. The lowest BCUT2D eigenvalue weighted by atomic mass is 9.71. The zero-order valence-electron chi connectivity index (χ0n) is 68.2. The molecule has 7 aromatic rings. The Balaban J connectivity index is 0.578. The number of aliphatic hydroxyl groups excluding tert-OH is 1. The van der Waals surface area contributed by atoms with E-state index >= 15 is 0 Å². The Morgan fingerprint density at radius 2 is 1.47 bits per heavy atom. The minimum atomic E-state index is -6.12. The molecule has 12 rings (SSSR count). The molecule has 4 fully saturated rings. The third-order valence-corrected chi connectivity index (χ3v) is 28.1. The molecule has 4 aliphatic heterocycles. The van der Waals surface area contributed by atoms with Crippen LogP contribution in [-0.4, -0.2) is 233 Å². The molecule has 25 nitrogen and oxygen atoms in total. The van der Waals surface area contributed by atoms with Crippen molar-refractivity contribution in [1.29, 1.82) is 0 Å². The quantitative estimate of drug-likeness (QED) is 0.0169. The second kappa shape index (κ2) is 40.0. The Bertz CT molecular complexity index is 4910. The first-order chi connectivity index (χ1) is 56.8. The maximum atomic E-state index is 14.5. The van der Waals surface area contributed by atoms with Gasteiger partial charge in [-0.3, -0.25) is 33.8 Å². The summed E-state index contributed by atoms with van der Waals surface area (Å²) in [5.41, 5.74) is 2.55.